The predicted molar refractivity (Wildman–Crippen MR) is 137 cm³/mol. The van der Waals surface area contributed by atoms with Gasteiger partial charge in [0.25, 0.3) is 0 Å². The van der Waals surface area contributed by atoms with Crippen LogP contribution in [0.3, 0.4) is 0 Å². The molecule has 34 heavy (non-hydrogen) atoms. The molecule has 0 aliphatic carbocycles. The maximum absolute atomic E-state index is 12.3. The number of benzene rings is 1. The molecule has 1 unspecified atom stereocenters. The number of rotatable bonds is 21. The largest absolute Gasteiger partial charge is 0.465 e. The second kappa shape index (κ2) is 19.4. The van der Waals surface area contributed by atoms with Gasteiger partial charge >= 0.3 is 11.9 Å². The normalized spacial score (nSPS) is 12.8. The van der Waals surface area contributed by atoms with Crippen molar-refractivity contribution in [3.05, 3.63) is 35.9 Å². The van der Waals surface area contributed by atoms with Gasteiger partial charge in [-0.25, -0.2) is 0 Å². The van der Waals surface area contributed by atoms with Gasteiger partial charge in [0.05, 0.1) is 18.6 Å². The van der Waals surface area contributed by atoms with E-state index in [0.29, 0.717) is 26.1 Å². The van der Waals surface area contributed by atoms with Crippen molar-refractivity contribution in [3.8, 4) is 0 Å². The van der Waals surface area contributed by atoms with E-state index in [4.69, 9.17) is 14.2 Å². The molecule has 0 saturated carbocycles. The monoisotopic (exact) mass is 476 g/mol. The fourth-order valence-electron chi connectivity index (χ4n) is 3.69. The van der Waals surface area contributed by atoms with Gasteiger partial charge in [0, 0.05) is 12.8 Å². The van der Waals surface area contributed by atoms with Gasteiger partial charge in [-0.2, -0.15) is 0 Å². The summed E-state index contributed by atoms with van der Waals surface area (Å²) in [6.45, 7) is 7.49. The first-order chi connectivity index (χ1) is 16.5. The van der Waals surface area contributed by atoms with E-state index in [1.54, 1.807) is 0 Å². The van der Waals surface area contributed by atoms with E-state index in [-0.39, 0.29) is 25.2 Å². The average Bonchev–Trinajstić information content (AvgIpc) is 2.84. The number of hydrogen-bond acceptors (Lipinski definition) is 5. The van der Waals surface area contributed by atoms with Crippen molar-refractivity contribution < 1.29 is 23.8 Å². The molecular formula is C29H48O5. The van der Waals surface area contributed by atoms with Crippen molar-refractivity contribution >= 4 is 11.9 Å². The summed E-state index contributed by atoms with van der Waals surface area (Å²) in [4.78, 5) is 24.5. The zero-order valence-electron chi connectivity index (χ0n) is 21.9. The Morgan fingerprint density at radius 3 is 1.65 bits per heavy atom. The minimum absolute atomic E-state index is 0.180. The number of hydrogen-bond donors (Lipinski definition) is 0. The average molecular weight is 477 g/mol. The Labute approximate surface area is 207 Å². The lowest BCUT2D eigenvalue weighted by Gasteiger charge is -2.28. The van der Waals surface area contributed by atoms with Gasteiger partial charge in [-0.3, -0.25) is 9.59 Å². The first-order valence-electron chi connectivity index (χ1n) is 13.4. The molecule has 0 N–H and O–H groups in total. The van der Waals surface area contributed by atoms with Gasteiger partial charge in [-0.15, -0.1) is 0 Å². The summed E-state index contributed by atoms with van der Waals surface area (Å²) in [6, 6.07) is 9.94. The van der Waals surface area contributed by atoms with E-state index in [1.807, 2.05) is 37.3 Å². The Hall–Kier alpha value is -1.88. The Balaban J connectivity index is 2.45. The van der Waals surface area contributed by atoms with Crippen molar-refractivity contribution in [1.82, 2.24) is 0 Å². The van der Waals surface area contributed by atoms with Crippen LogP contribution in [0.1, 0.15) is 110 Å². The zero-order valence-corrected chi connectivity index (χ0v) is 21.9. The van der Waals surface area contributed by atoms with Crippen LogP contribution in [-0.4, -0.2) is 31.8 Å². The molecule has 1 rings (SSSR count). The van der Waals surface area contributed by atoms with Crippen LogP contribution in [0, 0.1) is 5.41 Å². The molecule has 1 aromatic carbocycles. The molecule has 1 aromatic rings. The highest BCUT2D eigenvalue weighted by molar-refractivity contribution is 5.69. The maximum Gasteiger partial charge on any atom is 0.305 e. The zero-order chi connectivity index (χ0) is 24.9. The van der Waals surface area contributed by atoms with Crippen LogP contribution < -0.4 is 0 Å². The van der Waals surface area contributed by atoms with E-state index in [0.717, 1.165) is 37.7 Å². The molecule has 0 aromatic heterocycles. The lowest BCUT2D eigenvalue weighted by atomic mass is 9.94. The van der Waals surface area contributed by atoms with Crippen molar-refractivity contribution in [2.75, 3.05) is 19.8 Å². The maximum atomic E-state index is 12.3. The number of carbonyl (C=O) groups excluding carboxylic acids is 2. The summed E-state index contributed by atoms with van der Waals surface area (Å²) in [5.41, 5.74) is 0.498. The van der Waals surface area contributed by atoms with Crippen LogP contribution in [0.15, 0.2) is 30.3 Å². The summed E-state index contributed by atoms with van der Waals surface area (Å²) in [7, 11) is 0. The Morgan fingerprint density at radius 2 is 1.15 bits per heavy atom. The molecule has 5 nitrogen and oxygen atoms in total. The SMILES string of the molecule is CCCCCCCCC(=O)OCC(C)(COCc1ccccc1)COC(=O)CCCCCCC. The lowest BCUT2D eigenvalue weighted by Crippen LogP contribution is -2.36. The minimum atomic E-state index is -0.580. The Kier molecular flexibility index (Phi) is 17.2. The molecule has 0 radical (unpaired) electrons. The highest BCUT2D eigenvalue weighted by Crippen LogP contribution is 2.21. The van der Waals surface area contributed by atoms with Crippen molar-refractivity contribution in [2.24, 2.45) is 5.41 Å². The van der Waals surface area contributed by atoms with E-state index < -0.39 is 5.41 Å². The molecule has 0 amide bonds. The molecule has 0 heterocycles. The summed E-state index contributed by atoms with van der Waals surface area (Å²) < 4.78 is 17.1. The first-order valence-corrected chi connectivity index (χ1v) is 13.4. The second-order valence-electron chi connectivity index (χ2n) is 9.79. The number of unbranched alkanes of at least 4 members (excludes halogenated alkanes) is 9. The van der Waals surface area contributed by atoms with E-state index >= 15 is 0 Å². The molecule has 0 aliphatic rings. The van der Waals surface area contributed by atoms with Crippen molar-refractivity contribution in [1.29, 1.82) is 0 Å². The third-order valence-electron chi connectivity index (χ3n) is 5.94. The van der Waals surface area contributed by atoms with Crippen LogP contribution >= 0.6 is 0 Å². The summed E-state index contributed by atoms with van der Waals surface area (Å²) >= 11 is 0. The third-order valence-corrected chi connectivity index (χ3v) is 5.94. The number of ether oxygens (including phenoxy) is 3. The van der Waals surface area contributed by atoms with Gasteiger partial charge in [0.15, 0.2) is 0 Å². The summed E-state index contributed by atoms with van der Waals surface area (Å²) in [5, 5.41) is 0. The molecular weight excluding hydrogens is 428 g/mol. The fourth-order valence-corrected chi connectivity index (χ4v) is 3.69. The van der Waals surface area contributed by atoms with Crippen molar-refractivity contribution in [2.45, 2.75) is 111 Å². The van der Waals surface area contributed by atoms with E-state index in [1.165, 1.54) is 38.5 Å². The Morgan fingerprint density at radius 1 is 0.676 bits per heavy atom. The molecule has 0 fully saturated rings. The summed E-state index contributed by atoms with van der Waals surface area (Å²) in [5.74, 6) is -0.379. The first kappa shape index (κ1) is 30.2. The molecule has 5 heteroatoms. The van der Waals surface area contributed by atoms with Crippen LogP contribution in [0.4, 0.5) is 0 Å². The topological polar surface area (TPSA) is 61.8 Å². The van der Waals surface area contributed by atoms with Crippen LogP contribution in [-0.2, 0) is 30.4 Å². The van der Waals surface area contributed by atoms with Gasteiger partial charge in [0.2, 0.25) is 0 Å². The molecule has 0 aliphatic heterocycles. The summed E-state index contributed by atoms with van der Waals surface area (Å²) in [6.07, 6.45) is 13.1. The molecule has 0 saturated heterocycles. The second-order valence-corrected chi connectivity index (χ2v) is 9.79. The van der Waals surface area contributed by atoms with Crippen molar-refractivity contribution in [3.63, 3.8) is 0 Å². The van der Waals surface area contributed by atoms with Gasteiger partial charge < -0.3 is 14.2 Å². The fraction of sp³-hybridized carbons (Fsp3) is 0.724. The molecule has 1 atom stereocenters. The predicted octanol–water partition coefficient (Wildman–Crippen LogP) is 7.41. The van der Waals surface area contributed by atoms with Gasteiger partial charge in [-0.05, 0) is 18.4 Å². The Bertz CT molecular complexity index is 645. The number of esters is 2. The number of carbonyl (C=O) groups is 2. The third kappa shape index (κ3) is 15.9. The lowest BCUT2D eigenvalue weighted by molar-refractivity contribution is -0.156. The van der Waals surface area contributed by atoms with Gasteiger partial charge in [0.1, 0.15) is 13.2 Å². The standard InChI is InChI=1S/C29H48O5/c1-4-6-8-10-12-17-21-28(31)34-25-29(3,23-32-22-26-18-14-13-15-19-26)24-33-27(30)20-16-11-9-7-5-2/h13-15,18-19H,4-12,16-17,20-25H2,1-3H3. The van der Waals surface area contributed by atoms with E-state index in [9.17, 15) is 9.59 Å². The molecule has 0 bridgehead atoms. The van der Waals surface area contributed by atoms with E-state index in [2.05, 4.69) is 13.8 Å². The smallest absolute Gasteiger partial charge is 0.305 e. The highest BCUT2D eigenvalue weighted by atomic mass is 16.6. The molecule has 0 spiro atoms. The van der Waals surface area contributed by atoms with Crippen LogP contribution in [0.5, 0.6) is 0 Å². The molecule has 194 valence electrons. The minimum Gasteiger partial charge on any atom is -0.465 e. The highest BCUT2D eigenvalue weighted by Gasteiger charge is 2.29. The van der Waals surface area contributed by atoms with Crippen LogP contribution in [0.2, 0.25) is 0 Å². The van der Waals surface area contributed by atoms with Gasteiger partial charge in [-0.1, -0.05) is 109 Å². The van der Waals surface area contributed by atoms with Crippen LogP contribution in [0.25, 0.3) is 0 Å². The quantitative estimate of drug-likeness (QED) is 0.137.